The van der Waals surface area contributed by atoms with Crippen molar-refractivity contribution in [3.05, 3.63) is 26.7 Å². The fourth-order valence-corrected chi connectivity index (χ4v) is 2.43. The Balaban J connectivity index is 2.57. The molecule has 0 fully saturated rings. The summed E-state index contributed by atoms with van der Waals surface area (Å²) in [6.45, 7) is 4.27. The van der Waals surface area contributed by atoms with Gasteiger partial charge in [-0.3, -0.25) is 14.3 Å². The molecule has 0 aromatic carbocycles. The summed E-state index contributed by atoms with van der Waals surface area (Å²) in [5.74, 6) is 1.13. The number of nitrogens with one attached hydrogen (secondary N) is 2. The molecule has 2 N–H and O–H groups in total. The fraction of sp³-hybridized carbons (Fsp3) is 0.615. The van der Waals surface area contributed by atoms with Gasteiger partial charge in [0.1, 0.15) is 11.3 Å². The number of fused-ring (bicyclic) bond motifs is 1. The summed E-state index contributed by atoms with van der Waals surface area (Å²) in [5, 5.41) is 0. The summed E-state index contributed by atoms with van der Waals surface area (Å²) in [7, 11) is 1.61. The zero-order chi connectivity index (χ0) is 14.0. The smallest absolute Gasteiger partial charge is 0.329 e. The van der Waals surface area contributed by atoms with Gasteiger partial charge in [0.05, 0.1) is 0 Å². The van der Waals surface area contributed by atoms with Crippen LogP contribution in [-0.4, -0.2) is 19.5 Å². The summed E-state index contributed by atoms with van der Waals surface area (Å²) < 4.78 is 1.37. The van der Waals surface area contributed by atoms with E-state index in [0.717, 1.165) is 31.5 Å². The Morgan fingerprint density at radius 1 is 1.16 bits per heavy atom. The SMILES string of the molecule is CCCC(CCC)c1nc2c([nH]1)c(=O)[nH]c(=O)n2C. The Hall–Kier alpha value is -1.85. The van der Waals surface area contributed by atoms with E-state index in [1.54, 1.807) is 7.05 Å². The number of aryl methyl sites for hydroxylation is 1. The maximum absolute atomic E-state index is 11.8. The van der Waals surface area contributed by atoms with E-state index in [0.29, 0.717) is 17.1 Å². The van der Waals surface area contributed by atoms with Crippen LogP contribution in [0.2, 0.25) is 0 Å². The van der Waals surface area contributed by atoms with Crippen molar-refractivity contribution in [2.45, 2.75) is 45.4 Å². The lowest BCUT2D eigenvalue weighted by Crippen LogP contribution is -2.28. The van der Waals surface area contributed by atoms with E-state index in [4.69, 9.17) is 0 Å². The van der Waals surface area contributed by atoms with Crippen molar-refractivity contribution in [1.29, 1.82) is 0 Å². The molecule has 0 aliphatic heterocycles. The molecule has 0 amide bonds. The molecule has 6 nitrogen and oxygen atoms in total. The molecule has 0 saturated heterocycles. The molecule has 0 bridgehead atoms. The van der Waals surface area contributed by atoms with Crippen molar-refractivity contribution in [3.63, 3.8) is 0 Å². The lowest BCUT2D eigenvalue weighted by atomic mass is 9.98. The molecule has 2 aromatic heterocycles. The third-order valence-electron chi connectivity index (χ3n) is 3.43. The average Bonchev–Trinajstić information content (AvgIpc) is 2.81. The van der Waals surface area contributed by atoms with Crippen molar-refractivity contribution < 1.29 is 0 Å². The van der Waals surface area contributed by atoms with Gasteiger partial charge in [-0.25, -0.2) is 9.78 Å². The number of H-pyrrole nitrogens is 2. The van der Waals surface area contributed by atoms with Gasteiger partial charge in [0.25, 0.3) is 5.56 Å². The molecule has 2 heterocycles. The second-order valence-corrected chi connectivity index (χ2v) is 4.91. The Labute approximate surface area is 110 Å². The van der Waals surface area contributed by atoms with Crippen LogP contribution in [0.3, 0.4) is 0 Å². The van der Waals surface area contributed by atoms with Crippen LogP contribution in [0.4, 0.5) is 0 Å². The molecule has 0 unspecified atom stereocenters. The van der Waals surface area contributed by atoms with Crippen LogP contribution in [0.5, 0.6) is 0 Å². The predicted octanol–water partition coefficient (Wildman–Crippen LogP) is 1.63. The van der Waals surface area contributed by atoms with Gasteiger partial charge in [-0.05, 0) is 12.8 Å². The number of imidazole rings is 1. The number of aromatic nitrogens is 4. The number of hydrogen-bond donors (Lipinski definition) is 2. The maximum atomic E-state index is 11.8. The van der Waals surface area contributed by atoms with Gasteiger partial charge in [0.2, 0.25) is 0 Å². The second-order valence-electron chi connectivity index (χ2n) is 4.91. The summed E-state index contributed by atoms with van der Waals surface area (Å²) >= 11 is 0. The molecular formula is C13H20N4O2. The highest BCUT2D eigenvalue weighted by atomic mass is 16.2. The van der Waals surface area contributed by atoms with Crippen LogP contribution in [0, 0.1) is 0 Å². The third-order valence-corrected chi connectivity index (χ3v) is 3.43. The summed E-state index contributed by atoms with van der Waals surface area (Å²) in [5.41, 5.74) is -0.0167. The average molecular weight is 264 g/mol. The molecule has 19 heavy (non-hydrogen) atoms. The number of hydrogen-bond acceptors (Lipinski definition) is 3. The van der Waals surface area contributed by atoms with Gasteiger partial charge in [0, 0.05) is 13.0 Å². The van der Waals surface area contributed by atoms with Gasteiger partial charge in [0.15, 0.2) is 5.65 Å². The van der Waals surface area contributed by atoms with Gasteiger partial charge in [-0.2, -0.15) is 0 Å². The minimum Gasteiger partial charge on any atom is -0.336 e. The monoisotopic (exact) mass is 264 g/mol. The van der Waals surface area contributed by atoms with Crippen LogP contribution >= 0.6 is 0 Å². The number of aromatic amines is 2. The highest BCUT2D eigenvalue weighted by Crippen LogP contribution is 2.24. The Morgan fingerprint density at radius 3 is 2.37 bits per heavy atom. The van der Waals surface area contributed by atoms with Crippen molar-refractivity contribution in [3.8, 4) is 0 Å². The van der Waals surface area contributed by atoms with Crippen molar-refractivity contribution in [1.82, 2.24) is 19.5 Å². The number of rotatable bonds is 5. The molecule has 2 aromatic rings. The first-order chi connectivity index (χ1) is 9.08. The topological polar surface area (TPSA) is 83.5 Å². The van der Waals surface area contributed by atoms with E-state index in [-0.39, 0.29) is 0 Å². The third kappa shape index (κ3) is 2.47. The molecule has 0 radical (unpaired) electrons. The summed E-state index contributed by atoms with van der Waals surface area (Å²) in [6.07, 6.45) is 4.19. The Morgan fingerprint density at radius 2 is 1.79 bits per heavy atom. The van der Waals surface area contributed by atoms with E-state index >= 15 is 0 Å². The molecule has 0 aliphatic carbocycles. The first-order valence-electron chi connectivity index (χ1n) is 6.77. The Kier molecular flexibility index (Phi) is 3.87. The molecule has 0 saturated carbocycles. The Bertz CT molecular complexity index is 674. The van der Waals surface area contributed by atoms with E-state index in [2.05, 4.69) is 28.8 Å². The predicted molar refractivity (Wildman–Crippen MR) is 74.5 cm³/mol. The first kappa shape index (κ1) is 13.6. The molecule has 104 valence electrons. The van der Waals surface area contributed by atoms with E-state index < -0.39 is 11.2 Å². The quantitative estimate of drug-likeness (QED) is 0.861. The lowest BCUT2D eigenvalue weighted by Gasteiger charge is -2.11. The molecule has 0 spiro atoms. The minimum absolute atomic E-state index is 0.317. The highest BCUT2D eigenvalue weighted by Gasteiger charge is 2.17. The zero-order valence-corrected chi connectivity index (χ0v) is 11.6. The fourth-order valence-electron chi connectivity index (χ4n) is 2.43. The standard InChI is InChI=1S/C13H20N4O2/c1-4-6-8(7-5-2)10-14-9-11(15-10)17(3)13(19)16-12(9)18/h8H,4-7H2,1-3H3,(H,14,15)(H,16,18,19). The van der Waals surface area contributed by atoms with Gasteiger partial charge in [-0.1, -0.05) is 26.7 Å². The molecule has 0 atom stereocenters. The van der Waals surface area contributed by atoms with E-state index in [1.807, 2.05) is 0 Å². The van der Waals surface area contributed by atoms with Gasteiger partial charge in [-0.15, -0.1) is 0 Å². The normalized spacial score (nSPS) is 11.6. The minimum atomic E-state index is -0.432. The number of nitrogens with zero attached hydrogens (tertiary/aromatic N) is 2. The van der Waals surface area contributed by atoms with Crippen LogP contribution in [0.1, 0.15) is 51.3 Å². The van der Waals surface area contributed by atoms with Gasteiger partial charge < -0.3 is 4.98 Å². The zero-order valence-electron chi connectivity index (χ0n) is 11.6. The largest absolute Gasteiger partial charge is 0.336 e. The van der Waals surface area contributed by atoms with E-state index in [1.165, 1.54) is 4.57 Å². The highest BCUT2D eigenvalue weighted by molar-refractivity contribution is 5.69. The first-order valence-corrected chi connectivity index (χ1v) is 6.77. The summed E-state index contributed by atoms with van der Waals surface area (Å²) in [4.78, 5) is 33.1. The van der Waals surface area contributed by atoms with Gasteiger partial charge >= 0.3 is 5.69 Å². The molecule has 6 heteroatoms. The molecule has 0 aliphatic rings. The summed E-state index contributed by atoms with van der Waals surface area (Å²) in [6, 6.07) is 0. The van der Waals surface area contributed by atoms with Crippen molar-refractivity contribution in [2.75, 3.05) is 0 Å². The van der Waals surface area contributed by atoms with E-state index in [9.17, 15) is 9.59 Å². The van der Waals surface area contributed by atoms with Crippen LogP contribution < -0.4 is 11.2 Å². The maximum Gasteiger partial charge on any atom is 0.329 e. The van der Waals surface area contributed by atoms with Crippen LogP contribution in [0.25, 0.3) is 11.2 Å². The van der Waals surface area contributed by atoms with Crippen LogP contribution in [0.15, 0.2) is 9.59 Å². The lowest BCUT2D eigenvalue weighted by molar-refractivity contribution is 0.539. The molecular weight excluding hydrogens is 244 g/mol. The molecule has 2 rings (SSSR count). The second kappa shape index (κ2) is 5.42. The van der Waals surface area contributed by atoms with Crippen LogP contribution in [-0.2, 0) is 7.05 Å². The van der Waals surface area contributed by atoms with Crippen molar-refractivity contribution in [2.24, 2.45) is 7.05 Å². The van der Waals surface area contributed by atoms with Crippen molar-refractivity contribution >= 4 is 11.2 Å².